The lowest BCUT2D eigenvalue weighted by Gasteiger charge is -2.15. The fourth-order valence-electron chi connectivity index (χ4n) is 8.72. The van der Waals surface area contributed by atoms with Crippen LogP contribution in [-0.2, 0) is 0 Å². The van der Waals surface area contributed by atoms with Crippen LogP contribution < -0.4 is 0 Å². The number of allylic oxidation sites excluding steroid dienone is 4. The summed E-state index contributed by atoms with van der Waals surface area (Å²) in [6.07, 6.45) is 26.7. The van der Waals surface area contributed by atoms with E-state index in [1.807, 2.05) is 86.8 Å². The molecule has 0 fully saturated rings. The monoisotopic (exact) mass is 1010 g/mol. The molecular weight excluding hydrogens is 948 g/mol. The lowest BCUT2D eigenvalue weighted by molar-refractivity contribution is 0.0854. The summed E-state index contributed by atoms with van der Waals surface area (Å²) in [5.41, 5.74) is 13.5. The van der Waals surface area contributed by atoms with Crippen LogP contribution in [0.5, 0.6) is 0 Å². The van der Waals surface area contributed by atoms with E-state index in [0.717, 1.165) is 65.1 Å². The van der Waals surface area contributed by atoms with E-state index in [2.05, 4.69) is 74.1 Å². The topological polar surface area (TPSA) is 215 Å². The number of nitrogens with one attached hydrogen (secondary N) is 3. The number of fused-ring (bicyclic) bond motifs is 3. The summed E-state index contributed by atoms with van der Waals surface area (Å²) in [7, 11) is 0. The number of halogens is 1. The van der Waals surface area contributed by atoms with E-state index in [4.69, 9.17) is 21.6 Å². The molecule has 74 heavy (non-hydrogen) atoms. The maximum absolute atomic E-state index is 12.7. The highest BCUT2D eigenvalue weighted by Crippen LogP contribution is 2.33. The van der Waals surface area contributed by atoms with Gasteiger partial charge in [0, 0.05) is 70.1 Å². The average molecular weight is 1010 g/mol. The number of ketones is 3. The van der Waals surface area contributed by atoms with Gasteiger partial charge < -0.3 is 15.0 Å². The number of nitrogens with zero attached hydrogens (tertiary/aromatic N) is 9. The fraction of sp³-hybridized carbons (Fsp3) is 0.310. The van der Waals surface area contributed by atoms with Gasteiger partial charge in [-0.25, -0.2) is 34.9 Å². The summed E-state index contributed by atoms with van der Waals surface area (Å²) in [6.45, 7) is 17.1. The molecule has 16 heteroatoms. The number of aromatic amines is 3. The zero-order valence-electron chi connectivity index (χ0n) is 43.2. The molecule has 0 saturated heterocycles. The van der Waals surface area contributed by atoms with Crippen molar-refractivity contribution in [3.8, 4) is 33.8 Å². The summed E-state index contributed by atoms with van der Waals surface area (Å²) in [5.74, 6) is 0.140. The van der Waals surface area contributed by atoms with Gasteiger partial charge in [-0.3, -0.25) is 24.4 Å². The average Bonchev–Trinajstić information content (AvgIpc) is 4.26. The molecule has 0 aromatic carbocycles. The van der Waals surface area contributed by atoms with Crippen LogP contribution in [-0.4, -0.2) is 77.2 Å². The molecule has 3 N–H and O–H groups in total. The van der Waals surface area contributed by atoms with Gasteiger partial charge >= 0.3 is 0 Å². The normalized spacial score (nSPS) is 13.8. The zero-order chi connectivity index (χ0) is 52.5. The largest absolute Gasteiger partial charge is 0.344 e. The molecule has 0 unspecified atom stereocenters. The minimum absolute atomic E-state index is 0.0259. The van der Waals surface area contributed by atoms with Crippen LogP contribution in [0, 0.1) is 16.2 Å². The number of hydrogen-bond acceptors (Lipinski definition) is 12. The minimum Gasteiger partial charge on any atom is -0.344 e. The zero-order valence-corrected chi connectivity index (χ0v) is 43.9. The van der Waals surface area contributed by atoms with Crippen molar-refractivity contribution in [2.45, 2.75) is 101 Å². The Morgan fingerprint density at radius 1 is 0.459 bits per heavy atom. The van der Waals surface area contributed by atoms with Gasteiger partial charge in [0.25, 0.3) is 0 Å². The van der Waals surface area contributed by atoms with Gasteiger partial charge in [0.15, 0.2) is 34.3 Å². The molecule has 9 aromatic heterocycles. The SMILES string of the molecule is CC(C)(C)C(=O)c1c[nH]c2ncc(-c3ccnc(C4=CCCC4)c3)nc12.CC(C)(C)C(=O)c1c[nH]c2ncc(-c3ccnc(C4=CCCC4)c3)nc12.CC(C)(C)C(=O)c1c[nH]c2ncc(-c3ccnc(Cl)c3)nc12. The molecule has 15 nitrogen and oxygen atoms in total. The van der Waals surface area contributed by atoms with Crippen LogP contribution in [0.25, 0.3) is 78.4 Å². The molecule has 0 bridgehead atoms. The molecule has 9 aromatic rings. The fourth-order valence-corrected chi connectivity index (χ4v) is 8.90. The summed E-state index contributed by atoms with van der Waals surface area (Å²) >= 11 is 5.91. The number of pyridine rings is 3. The van der Waals surface area contributed by atoms with Crippen molar-refractivity contribution in [1.29, 1.82) is 0 Å². The molecule has 2 aliphatic carbocycles. The smallest absolute Gasteiger partial charge is 0.171 e. The molecule has 0 spiro atoms. The number of rotatable bonds is 8. The first-order valence-corrected chi connectivity index (χ1v) is 25.2. The molecule has 0 saturated carbocycles. The van der Waals surface area contributed by atoms with E-state index in [9.17, 15) is 14.4 Å². The van der Waals surface area contributed by atoms with Gasteiger partial charge in [-0.1, -0.05) is 86.1 Å². The summed E-state index contributed by atoms with van der Waals surface area (Å²) in [5, 5.41) is 0.388. The first-order chi connectivity index (χ1) is 35.2. The lowest BCUT2D eigenvalue weighted by Crippen LogP contribution is -2.20. The van der Waals surface area contributed by atoms with Crippen LogP contribution in [0.2, 0.25) is 5.15 Å². The molecule has 0 amide bonds. The molecule has 2 aliphatic rings. The van der Waals surface area contributed by atoms with Crippen molar-refractivity contribution in [2.75, 3.05) is 0 Å². The number of carbonyl (C=O) groups excluding carboxylic acids is 3. The predicted molar refractivity (Wildman–Crippen MR) is 291 cm³/mol. The minimum atomic E-state index is -0.479. The Balaban J connectivity index is 0.000000137. The number of Topliss-reactive ketones (excluding diaryl/α,β-unsaturated/α-hetero) is 3. The Hall–Kier alpha value is -7.91. The van der Waals surface area contributed by atoms with Crippen LogP contribution in [0.3, 0.4) is 0 Å². The summed E-state index contributed by atoms with van der Waals surface area (Å²) in [6, 6.07) is 11.5. The Morgan fingerprint density at radius 2 is 0.797 bits per heavy atom. The van der Waals surface area contributed by atoms with Crippen LogP contribution in [0.1, 0.15) is 143 Å². The van der Waals surface area contributed by atoms with Crippen molar-refractivity contribution in [2.24, 2.45) is 16.2 Å². The van der Waals surface area contributed by atoms with Gasteiger partial charge in [0.1, 0.15) is 21.7 Å². The van der Waals surface area contributed by atoms with Crippen molar-refractivity contribution in [1.82, 2.24) is 59.8 Å². The van der Waals surface area contributed by atoms with E-state index in [1.54, 1.807) is 55.5 Å². The lowest BCUT2D eigenvalue weighted by atomic mass is 9.87. The molecule has 0 radical (unpaired) electrons. The van der Waals surface area contributed by atoms with Gasteiger partial charge in [-0.15, -0.1) is 0 Å². The third-order valence-electron chi connectivity index (χ3n) is 12.8. The van der Waals surface area contributed by atoms with Crippen LogP contribution >= 0.6 is 11.6 Å². The molecule has 9 heterocycles. The van der Waals surface area contributed by atoms with Crippen LogP contribution in [0.4, 0.5) is 0 Å². The molecular formula is C58H59ClN12O3. The Bertz CT molecular complexity index is 3510. The first-order valence-electron chi connectivity index (χ1n) is 24.8. The maximum atomic E-state index is 12.7. The number of hydrogen-bond donors (Lipinski definition) is 3. The predicted octanol–water partition coefficient (Wildman–Crippen LogP) is 13.5. The molecule has 376 valence electrons. The summed E-state index contributed by atoms with van der Waals surface area (Å²) < 4.78 is 0. The van der Waals surface area contributed by atoms with Gasteiger partial charge in [-0.2, -0.15) is 0 Å². The second-order valence-electron chi connectivity index (χ2n) is 21.7. The molecule has 0 atom stereocenters. The van der Waals surface area contributed by atoms with Gasteiger partial charge in [-0.05, 0) is 86.1 Å². The summed E-state index contributed by atoms with van der Waals surface area (Å²) in [4.78, 5) is 87.4. The molecule has 0 aliphatic heterocycles. The highest BCUT2D eigenvalue weighted by atomic mass is 35.5. The van der Waals surface area contributed by atoms with E-state index >= 15 is 0 Å². The first kappa shape index (κ1) is 51.0. The number of H-pyrrole nitrogens is 3. The Labute approximate surface area is 434 Å². The Kier molecular flexibility index (Phi) is 14.2. The third-order valence-corrected chi connectivity index (χ3v) is 13.0. The van der Waals surface area contributed by atoms with Gasteiger partial charge in [0.05, 0.1) is 63.8 Å². The highest BCUT2D eigenvalue weighted by Gasteiger charge is 2.29. The van der Waals surface area contributed by atoms with E-state index in [-0.39, 0.29) is 17.3 Å². The second-order valence-corrected chi connectivity index (χ2v) is 22.1. The van der Waals surface area contributed by atoms with Crippen molar-refractivity contribution >= 4 is 73.6 Å². The highest BCUT2D eigenvalue weighted by molar-refractivity contribution is 6.29. The van der Waals surface area contributed by atoms with Gasteiger partial charge in [0.2, 0.25) is 0 Å². The third kappa shape index (κ3) is 11.0. The molecule has 11 rings (SSSR count). The van der Waals surface area contributed by atoms with E-state index < -0.39 is 16.2 Å². The van der Waals surface area contributed by atoms with Crippen LogP contribution in [0.15, 0.2) is 104 Å². The quantitative estimate of drug-likeness (QED) is 0.0957. The number of aromatic nitrogens is 12. The van der Waals surface area contributed by atoms with E-state index in [1.165, 1.54) is 24.0 Å². The standard InChI is InChI=1S/2C21H22N4O.C16H15ClN4O/c2*1-21(2,3)19(26)15-11-23-20-18(15)25-17(12-24-20)14-8-9-22-16(10-14)13-6-4-5-7-13;1-16(2,3)14(22)10-7-19-15-13(10)21-11(8-20-15)9-4-5-18-12(17)6-9/h2*6,8-12H,4-5,7H2,1-3H3,(H,23,24);4-8H,1-3H3,(H,19,20). The number of carbonyl (C=O) groups is 3. The van der Waals surface area contributed by atoms with Crippen molar-refractivity contribution in [3.63, 3.8) is 0 Å². The Morgan fingerprint density at radius 3 is 1.11 bits per heavy atom. The van der Waals surface area contributed by atoms with E-state index in [0.29, 0.717) is 61.0 Å². The maximum Gasteiger partial charge on any atom is 0.171 e. The second kappa shape index (κ2) is 20.5. The van der Waals surface area contributed by atoms with Crippen molar-refractivity contribution in [3.05, 3.63) is 138 Å². The van der Waals surface area contributed by atoms with Crippen molar-refractivity contribution < 1.29 is 14.4 Å².